The topological polar surface area (TPSA) is 55.4 Å². The summed E-state index contributed by atoms with van der Waals surface area (Å²) in [6.07, 6.45) is 6.64. The number of amides is 1. The van der Waals surface area contributed by atoms with Crippen molar-refractivity contribution in [1.82, 2.24) is 5.32 Å². The number of unbranched alkanes of at least 4 members (excludes halogenated alkanes) is 1. The van der Waals surface area contributed by atoms with Gasteiger partial charge in [0.25, 0.3) is 5.91 Å². The van der Waals surface area contributed by atoms with Gasteiger partial charge in [-0.1, -0.05) is 0 Å². The molecule has 0 aromatic heterocycles. The highest BCUT2D eigenvalue weighted by Gasteiger charge is 2.21. The molecular weight excluding hydrogens is 261 g/mol. The normalized spacial score (nSPS) is 11.2. The third kappa shape index (κ3) is 4.73. The van der Waals surface area contributed by atoms with Crippen LogP contribution in [0, 0.1) is 18.2 Å². The number of rotatable bonds is 6. The summed E-state index contributed by atoms with van der Waals surface area (Å²) in [6.45, 7) is 0. The fraction of sp³-hybridized carbons (Fsp3) is 0.333. The van der Waals surface area contributed by atoms with Gasteiger partial charge in [0, 0.05) is 12.0 Å². The molecule has 0 fully saturated rings. The first-order valence-electron chi connectivity index (χ1n) is 6.16. The molecule has 106 valence electrons. The number of halogens is 1. The maximum atomic E-state index is 12.8. The first-order chi connectivity index (χ1) is 9.58. The Bertz CT molecular complexity index is 505. The number of carbonyl (C=O) groups excluding carboxylic acids is 2. The lowest BCUT2D eigenvalue weighted by Gasteiger charge is -2.16. The number of benzene rings is 1. The fourth-order valence-corrected chi connectivity index (χ4v) is 1.64. The maximum absolute atomic E-state index is 12.8. The summed E-state index contributed by atoms with van der Waals surface area (Å²) >= 11 is 0. The van der Waals surface area contributed by atoms with Crippen molar-refractivity contribution in [3.63, 3.8) is 0 Å². The summed E-state index contributed by atoms with van der Waals surface area (Å²) in [7, 11) is 1.25. The second-order valence-electron chi connectivity index (χ2n) is 4.15. The van der Waals surface area contributed by atoms with E-state index in [0.717, 1.165) is 0 Å². The van der Waals surface area contributed by atoms with Gasteiger partial charge in [-0.05, 0) is 37.1 Å². The Labute approximate surface area is 117 Å². The van der Waals surface area contributed by atoms with Crippen molar-refractivity contribution in [2.45, 2.75) is 25.3 Å². The minimum Gasteiger partial charge on any atom is -0.467 e. The van der Waals surface area contributed by atoms with E-state index < -0.39 is 23.7 Å². The molecule has 0 bridgehead atoms. The van der Waals surface area contributed by atoms with Gasteiger partial charge in [0.2, 0.25) is 0 Å². The smallest absolute Gasteiger partial charge is 0.328 e. The van der Waals surface area contributed by atoms with Gasteiger partial charge in [0.15, 0.2) is 0 Å². The molecule has 20 heavy (non-hydrogen) atoms. The highest BCUT2D eigenvalue weighted by Crippen LogP contribution is 2.06. The predicted molar refractivity (Wildman–Crippen MR) is 72.4 cm³/mol. The van der Waals surface area contributed by atoms with E-state index in [0.29, 0.717) is 19.3 Å². The number of terminal acetylenes is 1. The molecule has 4 nitrogen and oxygen atoms in total. The summed E-state index contributed by atoms with van der Waals surface area (Å²) < 4.78 is 17.4. The third-order valence-electron chi connectivity index (χ3n) is 2.71. The van der Waals surface area contributed by atoms with Gasteiger partial charge in [-0.3, -0.25) is 4.79 Å². The second kappa shape index (κ2) is 7.95. The molecule has 1 atom stereocenters. The zero-order chi connectivity index (χ0) is 15.0. The molecule has 0 saturated carbocycles. The van der Waals surface area contributed by atoms with Crippen LogP contribution in [0.3, 0.4) is 0 Å². The lowest BCUT2D eigenvalue weighted by atomic mass is 10.1. The van der Waals surface area contributed by atoms with Crippen molar-refractivity contribution >= 4 is 11.9 Å². The van der Waals surface area contributed by atoms with Crippen LogP contribution in [0.1, 0.15) is 29.6 Å². The van der Waals surface area contributed by atoms with Gasteiger partial charge in [-0.2, -0.15) is 0 Å². The molecule has 0 radical (unpaired) electrons. The van der Waals surface area contributed by atoms with Crippen molar-refractivity contribution in [2.75, 3.05) is 7.11 Å². The molecular formula is C15H16FNO3. The van der Waals surface area contributed by atoms with Crippen LogP contribution in [0.15, 0.2) is 24.3 Å². The lowest BCUT2D eigenvalue weighted by Crippen LogP contribution is -2.41. The van der Waals surface area contributed by atoms with Crippen molar-refractivity contribution < 1.29 is 18.7 Å². The van der Waals surface area contributed by atoms with Gasteiger partial charge in [-0.25, -0.2) is 9.18 Å². The second-order valence-corrected chi connectivity index (χ2v) is 4.15. The maximum Gasteiger partial charge on any atom is 0.328 e. The van der Waals surface area contributed by atoms with Crippen LogP contribution in [0.5, 0.6) is 0 Å². The number of hydrogen-bond acceptors (Lipinski definition) is 3. The minimum atomic E-state index is -0.758. The van der Waals surface area contributed by atoms with Crippen molar-refractivity contribution in [2.24, 2.45) is 0 Å². The molecule has 1 amide bonds. The molecule has 0 unspecified atom stereocenters. The zero-order valence-corrected chi connectivity index (χ0v) is 11.2. The molecule has 0 saturated heterocycles. The molecule has 1 rings (SSSR count). The van der Waals surface area contributed by atoms with Gasteiger partial charge < -0.3 is 10.1 Å². The van der Waals surface area contributed by atoms with Crippen LogP contribution in [0.4, 0.5) is 4.39 Å². The van der Waals surface area contributed by atoms with E-state index in [1.165, 1.54) is 31.4 Å². The standard InChI is InChI=1S/C15H16FNO3/c1-3-4-5-6-13(15(19)20-2)17-14(18)11-7-9-12(16)10-8-11/h1,7-10,13H,4-6H2,2H3,(H,17,18)/t13-/m1/s1. The van der Waals surface area contributed by atoms with Crippen LogP contribution in [0.25, 0.3) is 0 Å². The fourth-order valence-electron chi connectivity index (χ4n) is 1.64. The molecule has 0 aliphatic heterocycles. The Morgan fingerprint density at radius 1 is 1.40 bits per heavy atom. The van der Waals surface area contributed by atoms with Gasteiger partial charge >= 0.3 is 5.97 Å². The number of carbonyl (C=O) groups is 2. The average Bonchev–Trinajstić information content (AvgIpc) is 2.46. The van der Waals surface area contributed by atoms with Gasteiger partial charge in [-0.15, -0.1) is 12.3 Å². The highest BCUT2D eigenvalue weighted by atomic mass is 19.1. The summed E-state index contributed by atoms with van der Waals surface area (Å²) in [5, 5.41) is 2.56. The minimum absolute atomic E-state index is 0.275. The molecule has 0 aliphatic rings. The van der Waals surface area contributed by atoms with Crippen LogP contribution >= 0.6 is 0 Å². The summed E-state index contributed by atoms with van der Waals surface area (Å²) in [5.41, 5.74) is 0.275. The quantitative estimate of drug-likeness (QED) is 0.491. The SMILES string of the molecule is C#CCCC[C@@H](NC(=O)c1ccc(F)cc1)C(=O)OC. The number of hydrogen-bond donors (Lipinski definition) is 1. The number of nitrogens with one attached hydrogen (secondary N) is 1. The number of ether oxygens (including phenoxy) is 1. The van der Waals surface area contributed by atoms with E-state index in [1.54, 1.807) is 0 Å². The molecule has 5 heteroatoms. The molecule has 0 spiro atoms. The Morgan fingerprint density at radius 3 is 2.60 bits per heavy atom. The largest absolute Gasteiger partial charge is 0.467 e. The first-order valence-corrected chi connectivity index (χ1v) is 6.16. The van der Waals surface area contributed by atoms with E-state index in [2.05, 4.69) is 16.0 Å². The van der Waals surface area contributed by atoms with E-state index in [9.17, 15) is 14.0 Å². The predicted octanol–water partition coefficient (Wildman–Crippen LogP) is 1.90. The van der Waals surface area contributed by atoms with E-state index in [4.69, 9.17) is 6.42 Å². The Morgan fingerprint density at radius 2 is 2.05 bits per heavy atom. The third-order valence-corrected chi connectivity index (χ3v) is 2.71. The molecule has 1 aromatic rings. The Balaban J connectivity index is 2.68. The Kier molecular flexibility index (Phi) is 6.24. The zero-order valence-electron chi connectivity index (χ0n) is 11.2. The number of methoxy groups -OCH3 is 1. The lowest BCUT2D eigenvalue weighted by molar-refractivity contribution is -0.143. The van der Waals surface area contributed by atoms with Crippen LogP contribution in [-0.4, -0.2) is 25.0 Å². The van der Waals surface area contributed by atoms with Gasteiger partial charge in [0.05, 0.1) is 7.11 Å². The van der Waals surface area contributed by atoms with Crippen LogP contribution in [-0.2, 0) is 9.53 Å². The van der Waals surface area contributed by atoms with Crippen molar-refractivity contribution in [3.8, 4) is 12.3 Å². The van der Waals surface area contributed by atoms with Crippen molar-refractivity contribution in [1.29, 1.82) is 0 Å². The van der Waals surface area contributed by atoms with E-state index >= 15 is 0 Å². The summed E-state index contributed by atoms with van der Waals surface area (Å²) in [6, 6.07) is 4.30. The highest BCUT2D eigenvalue weighted by molar-refractivity contribution is 5.96. The van der Waals surface area contributed by atoms with E-state index in [-0.39, 0.29) is 5.56 Å². The van der Waals surface area contributed by atoms with Crippen LogP contribution in [0.2, 0.25) is 0 Å². The summed E-state index contributed by atoms with van der Waals surface area (Å²) in [4.78, 5) is 23.5. The molecule has 0 heterocycles. The van der Waals surface area contributed by atoms with Crippen molar-refractivity contribution in [3.05, 3.63) is 35.6 Å². The Hall–Kier alpha value is -2.35. The molecule has 0 aliphatic carbocycles. The first kappa shape index (κ1) is 15.7. The van der Waals surface area contributed by atoms with E-state index in [1.807, 2.05) is 0 Å². The van der Waals surface area contributed by atoms with Crippen LogP contribution < -0.4 is 5.32 Å². The molecule has 1 N–H and O–H groups in total. The monoisotopic (exact) mass is 277 g/mol. The van der Waals surface area contributed by atoms with Gasteiger partial charge in [0.1, 0.15) is 11.9 Å². The number of esters is 1. The average molecular weight is 277 g/mol. The molecule has 1 aromatic carbocycles. The summed E-state index contributed by atoms with van der Waals surface area (Å²) in [5.74, 6) is 1.05.